The number of hydrogen-bond acceptors (Lipinski definition) is 7. The Labute approximate surface area is 183 Å². The highest BCUT2D eigenvalue weighted by Gasteiger charge is 2.79. The van der Waals surface area contributed by atoms with Crippen LogP contribution in [0.2, 0.25) is 0 Å². The summed E-state index contributed by atoms with van der Waals surface area (Å²) in [5.41, 5.74) is -1.46. The van der Waals surface area contributed by atoms with Crippen LogP contribution >= 0.6 is 0 Å². The highest BCUT2D eigenvalue weighted by atomic mass is 16.8. The van der Waals surface area contributed by atoms with Gasteiger partial charge in [-0.25, -0.2) is 0 Å². The molecule has 31 heavy (non-hydrogen) atoms. The Kier molecular flexibility index (Phi) is 4.83. The smallest absolute Gasteiger partial charge is 0.311 e. The molecule has 2 heterocycles. The average Bonchev–Trinajstić information content (AvgIpc) is 3.15. The molecule has 10 atom stereocenters. The lowest BCUT2D eigenvalue weighted by molar-refractivity contribution is -0.308. The minimum Gasteiger partial charge on any atom is -0.459 e. The van der Waals surface area contributed by atoms with Crippen molar-refractivity contribution in [3.8, 4) is 0 Å². The molecule has 0 unspecified atom stereocenters. The van der Waals surface area contributed by atoms with E-state index in [2.05, 4.69) is 20.8 Å². The summed E-state index contributed by atoms with van der Waals surface area (Å²) < 4.78 is 17.3. The fourth-order valence-corrected chi connectivity index (χ4v) is 8.82. The van der Waals surface area contributed by atoms with Crippen molar-refractivity contribution in [2.45, 2.75) is 97.4 Å². The van der Waals surface area contributed by atoms with Crippen molar-refractivity contribution in [3.05, 3.63) is 0 Å². The molecule has 0 radical (unpaired) electrons. The van der Waals surface area contributed by atoms with Crippen LogP contribution in [0.5, 0.6) is 0 Å². The number of aliphatic hydroxyl groups excluding tert-OH is 2. The molecule has 7 heteroatoms. The zero-order chi connectivity index (χ0) is 22.3. The third-order valence-corrected chi connectivity index (χ3v) is 9.66. The van der Waals surface area contributed by atoms with Crippen LogP contribution in [0, 0.1) is 39.9 Å². The first kappa shape index (κ1) is 21.7. The minimum atomic E-state index is -1.26. The second-order valence-corrected chi connectivity index (χ2v) is 11.5. The Morgan fingerprint density at radius 2 is 1.94 bits per heavy atom. The number of hydrogen-bond donors (Lipinski definition) is 2. The second kappa shape index (κ2) is 6.91. The van der Waals surface area contributed by atoms with Gasteiger partial charge in [0.25, 0.3) is 0 Å². The molecule has 0 bridgehead atoms. The predicted octanol–water partition coefficient (Wildman–Crippen LogP) is 2.77. The highest BCUT2D eigenvalue weighted by Crippen LogP contribution is 2.73. The monoisotopic (exact) mass is 436 g/mol. The summed E-state index contributed by atoms with van der Waals surface area (Å²) in [6, 6.07) is 0. The zero-order valence-electron chi connectivity index (χ0n) is 19.0. The number of aliphatic hydroxyl groups is 2. The lowest BCUT2D eigenvalue weighted by Gasteiger charge is -2.68. The molecule has 174 valence electrons. The quantitative estimate of drug-likeness (QED) is 0.656. The van der Waals surface area contributed by atoms with E-state index in [-0.39, 0.29) is 34.6 Å². The number of carbonyl (C=O) groups is 2. The highest BCUT2D eigenvalue weighted by molar-refractivity contribution is 5.76. The van der Waals surface area contributed by atoms with E-state index in [1.165, 1.54) is 0 Å². The van der Waals surface area contributed by atoms with Gasteiger partial charge in [0, 0.05) is 18.3 Å². The van der Waals surface area contributed by atoms with Crippen LogP contribution < -0.4 is 0 Å². The van der Waals surface area contributed by atoms with Gasteiger partial charge in [-0.05, 0) is 48.9 Å². The second-order valence-electron chi connectivity index (χ2n) is 11.5. The number of ether oxygens (including phenoxy) is 3. The van der Waals surface area contributed by atoms with Gasteiger partial charge in [-0.3, -0.25) is 9.59 Å². The molecule has 0 aromatic rings. The Hall–Kier alpha value is -1.18. The molecule has 0 aromatic heterocycles. The fraction of sp³-hybridized carbons (Fsp3) is 0.917. The lowest BCUT2D eigenvalue weighted by Crippen LogP contribution is -2.73. The van der Waals surface area contributed by atoms with E-state index < -0.39 is 42.0 Å². The third-order valence-electron chi connectivity index (χ3n) is 9.66. The fourth-order valence-electron chi connectivity index (χ4n) is 8.82. The molecule has 0 aromatic carbocycles. The van der Waals surface area contributed by atoms with Crippen molar-refractivity contribution in [2.75, 3.05) is 0 Å². The van der Waals surface area contributed by atoms with Crippen molar-refractivity contribution in [1.29, 1.82) is 0 Å². The largest absolute Gasteiger partial charge is 0.459 e. The van der Waals surface area contributed by atoms with E-state index in [4.69, 9.17) is 14.2 Å². The van der Waals surface area contributed by atoms with Crippen LogP contribution in [0.25, 0.3) is 0 Å². The van der Waals surface area contributed by atoms with Crippen molar-refractivity contribution < 1.29 is 34.0 Å². The molecule has 7 nitrogen and oxygen atoms in total. The summed E-state index contributed by atoms with van der Waals surface area (Å²) in [6.45, 7) is 8.58. The van der Waals surface area contributed by atoms with Gasteiger partial charge in [-0.1, -0.05) is 34.1 Å². The number of rotatable bonds is 3. The van der Waals surface area contributed by atoms with Gasteiger partial charge in [0.05, 0.1) is 11.3 Å². The number of esters is 2. The Balaban J connectivity index is 1.66. The molecule has 2 saturated heterocycles. The van der Waals surface area contributed by atoms with Gasteiger partial charge in [0.1, 0.15) is 12.2 Å². The van der Waals surface area contributed by atoms with Crippen molar-refractivity contribution in [2.24, 2.45) is 39.9 Å². The van der Waals surface area contributed by atoms with E-state index in [0.717, 1.165) is 25.7 Å². The molecule has 3 saturated carbocycles. The summed E-state index contributed by atoms with van der Waals surface area (Å²) in [5, 5.41) is 23.2. The first-order chi connectivity index (χ1) is 14.6. The van der Waals surface area contributed by atoms with Gasteiger partial charge in [-0.2, -0.15) is 0 Å². The van der Waals surface area contributed by atoms with Crippen LogP contribution in [-0.4, -0.2) is 46.9 Å². The normalized spacial score (nSPS) is 52.0. The molecule has 5 rings (SSSR count). The summed E-state index contributed by atoms with van der Waals surface area (Å²) in [4.78, 5) is 25.2. The maximum Gasteiger partial charge on any atom is 0.311 e. The van der Waals surface area contributed by atoms with E-state index >= 15 is 0 Å². The summed E-state index contributed by atoms with van der Waals surface area (Å²) in [7, 11) is 0. The van der Waals surface area contributed by atoms with Gasteiger partial charge in [-0.15, -0.1) is 0 Å². The molecular formula is C24H36O7. The SMILES string of the molecule is CCCC(=O)O[C@H]1[C@@H](O)[C@@]23[C@@H]4[C@@H](OC(=O)[C@@H]4CC[C@@H]2[C@@]2(C)CCCC(C)(C)[C@H]12)O[C@H]3O. The Morgan fingerprint density at radius 3 is 2.65 bits per heavy atom. The van der Waals surface area contributed by atoms with Gasteiger partial charge in [0.15, 0.2) is 6.29 Å². The van der Waals surface area contributed by atoms with E-state index in [9.17, 15) is 19.8 Å². The first-order valence-electron chi connectivity index (χ1n) is 12.0. The molecular weight excluding hydrogens is 400 g/mol. The van der Waals surface area contributed by atoms with Gasteiger partial charge in [0.2, 0.25) is 6.29 Å². The molecule has 0 amide bonds. The Morgan fingerprint density at radius 1 is 1.19 bits per heavy atom. The van der Waals surface area contributed by atoms with Crippen molar-refractivity contribution in [1.82, 2.24) is 0 Å². The van der Waals surface area contributed by atoms with Crippen LogP contribution in [0.1, 0.15) is 72.6 Å². The molecule has 2 aliphatic heterocycles. The lowest BCUT2D eigenvalue weighted by atomic mass is 9.37. The third kappa shape index (κ3) is 2.63. The first-order valence-corrected chi connectivity index (χ1v) is 12.0. The van der Waals surface area contributed by atoms with Gasteiger partial charge < -0.3 is 24.4 Å². The maximum absolute atomic E-state index is 12.7. The van der Waals surface area contributed by atoms with Crippen molar-refractivity contribution in [3.63, 3.8) is 0 Å². The number of carbonyl (C=O) groups excluding carboxylic acids is 2. The van der Waals surface area contributed by atoms with E-state index in [1.54, 1.807) is 0 Å². The average molecular weight is 437 g/mol. The van der Waals surface area contributed by atoms with Crippen LogP contribution in [-0.2, 0) is 23.8 Å². The Bertz CT molecular complexity index is 780. The van der Waals surface area contributed by atoms with Crippen LogP contribution in [0.4, 0.5) is 0 Å². The number of fused-ring (bicyclic) bond motifs is 2. The predicted molar refractivity (Wildman–Crippen MR) is 109 cm³/mol. The van der Waals surface area contributed by atoms with E-state index in [1.807, 2.05) is 6.92 Å². The molecule has 2 N–H and O–H groups in total. The molecule has 5 fully saturated rings. The standard InChI is InChI=1S/C24H36O7/c1-5-7-14(25)29-16-17-22(2,3)10-6-11-23(17,4)13-9-8-12-15-20(30-19(12)27)31-21(28)24(13,15)18(16)26/h12-13,15-18,20-21,26,28H,5-11H2,1-4H3/t12-,13-,15+,16-,17+,18-,20+,21-,23-,24+/m1/s1. The topological polar surface area (TPSA) is 102 Å². The molecule has 3 aliphatic carbocycles. The van der Waals surface area contributed by atoms with Gasteiger partial charge >= 0.3 is 11.9 Å². The van der Waals surface area contributed by atoms with Crippen LogP contribution in [0.3, 0.4) is 0 Å². The van der Waals surface area contributed by atoms with E-state index in [0.29, 0.717) is 19.3 Å². The molecule has 1 spiro atoms. The van der Waals surface area contributed by atoms with Crippen molar-refractivity contribution >= 4 is 11.9 Å². The molecule has 5 aliphatic rings. The summed E-state index contributed by atoms with van der Waals surface area (Å²) in [5.74, 6) is -1.52. The summed E-state index contributed by atoms with van der Waals surface area (Å²) in [6.07, 6.45) is 1.38. The van der Waals surface area contributed by atoms with Crippen LogP contribution in [0.15, 0.2) is 0 Å². The minimum absolute atomic E-state index is 0.0407. The zero-order valence-corrected chi connectivity index (χ0v) is 19.0. The maximum atomic E-state index is 12.7. The summed E-state index contributed by atoms with van der Waals surface area (Å²) >= 11 is 0.